The Hall–Kier alpha value is -2.64. The van der Waals surface area contributed by atoms with Gasteiger partial charge in [-0.1, -0.05) is 30.3 Å². The second-order valence-electron chi connectivity index (χ2n) is 4.73. The minimum absolute atomic E-state index is 0.00471. The zero-order valence-corrected chi connectivity index (χ0v) is 11.6. The van der Waals surface area contributed by atoms with Crippen molar-refractivity contribution in [2.24, 2.45) is 0 Å². The molecule has 112 valence electrons. The van der Waals surface area contributed by atoms with Crippen molar-refractivity contribution in [1.29, 1.82) is 0 Å². The average molecular weight is 299 g/mol. The molecule has 0 aliphatic carbocycles. The molecule has 2 rings (SSSR count). The third-order valence-electron chi connectivity index (χ3n) is 2.99. The summed E-state index contributed by atoms with van der Waals surface area (Å²) in [5.74, 6) is -1.55. The van der Waals surface area contributed by atoms with E-state index in [-0.39, 0.29) is 29.0 Å². The summed E-state index contributed by atoms with van der Waals surface area (Å²) in [7, 11) is -1.82. The highest BCUT2D eigenvalue weighted by Gasteiger charge is 2.16. The second-order valence-corrected chi connectivity index (χ2v) is 4.73. The van der Waals surface area contributed by atoms with Gasteiger partial charge in [0, 0.05) is 5.69 Å². The van der Waals surface area contributed by atoms with Crippen LogP contribution in [-0.2, 0) is 11.2 Å². The van der Waals surface area contributed by atoms with E-state index in [4.69, 9.17) is 5.11 Å². The molecular weight excluding hydrogens is 285 g/mol. The number of anilines is 1. The van der Waals surface area contributed by atoms with Crippen LogP contribution in [0.15, 0.2) is 48.5 Å². The van der Waals surface area contributed by atoms with Gasteiger partial charge in [-0.25, -0.2) is 4.79 Å². The van der Waals surface area contributed by atoms with E-state index in [9.17, 15) is 19.6 Å². The van der Waals surface area contributed by atoms with Gasteiger partial charge in [0.15, 0.2) is 0 Å². The fraction of sp³-hybridized carbons (Fsp3) is 0.0667. The third kappa shape index (κ3) is 4.18. The van der Waals surface area contributed by atoms with E-state index in [0.29, 0.717) is 0 Å². The van der Waals surface area contributed by atoms with Gasteiger partial charge in [-0.2, -0.15) is 0 Å². The largest absolute Gasteiger partial charge is 0.488 e. The Kier molecular flexibility index (Phi) is 4.93. The molecule has 0 aromatic heterocycles. The van der Waals surface area contributed by atoms with Gasteiger partial charge in [-0.15, -0.1) is 0 Å². The first-order valence-corrected chi connectivity index (χ1v) is 6.54. The van der Waals surface area contributed by atoms with Crippen LogP contribution in [-0.4, -0.2) is 34.1 Å². The second kappa shape index (κ2) is 6.88. The van der Waals surface area contributed by atoms with E-state index >= 15 is 0 Å². The van der Waals surface area contributed by atoms with Crippen molar-refractivity contribution in [1.82, 2.24) is 0 Å². The van der Waals surface area contributed by atoms with E-state index < -0.39 is 13.1 Å². The number of carboxylic acid groups (broad SMARTS) is 1. The monoisotopic (exact) mass is 299 g/mol. The Balaban J connectivity index is 2.17. The first kappa shape index (κ1) is 15.7. The summed E-state index contributed by atoms with van der Waals surface area (Å²) in [5.41, 5.74) is 0.872. The summed E-state index contributed by atoms with van der Waals surface area (Å²) in [4.78, 5) is 23.0. The quantitative estimate of drug-likeness (QED) is 0.592. The highest BCUT2D eigenvalue weighted by molar-refractivity contribution is 6.58. The number of hydrogen-bond acceptors (Lipinski definition) is 4. The lowest BCUT2D eigenvalue weighted by Crippen LogP contribution is -2.31. The van der Waals surface area contributed by atoms with E-state index in [0.717, 1.165) is 11.6 Å². The lowest BCUT2D eigenvalue weighted by atomic mass is 9.79. The van der Waals surface area contributed by atoms with Gasteiger partial charge in [-0.05, 0) is 29.2 Å². The van der Waals surface area contributed by atoms with Gasteiger partial charge < -0.3 is 20.5 Å². The summed E-state index contributed by atoms with van der Waals surface area (Å²) < 4.78 is 0. The number of hydrogen-bond donors (Lipinski definition) is 4. The molecule has 4 N–H and O–H groups in total. The molecule has 0 bridgehead atoms. The minimum atomic E-state index is -1.82. The summed E-state index contributed by atoms with van der Waals surface area (Å²) in [6.45, 7) is 0. The SMILES string of the molecule is O=C(Cc1ccccc1)Nc1cc(B(O)O)cc(C(=O)O)c1. The first-order chi connectivity index (χ1) is 10.5. The van der Waals surface area contributed by atoms with Crippen LogP contribution in [0.3, 0.4) is 0 Å². The smallest absolute Gasteiger partial charge is 0.478 e. The zero-order valence-electron chi connectivity index (χ0n) is 11.6. The van der Waals surface area contributed by atoms with Crippen molar-refractivity contribution in [2.75, 3.05) is 5.32 Å². The number of carbonyl (C=O) groups is 2. The number of nitrogens with one attached hydrogen (secondary N) is 1. The maximum absolute atomic E-state index is 12.0. The maximum Gasteiger partial charge on any atom is 0.488 e. The Morgan fingerprint density at radius 1 is 1.05 bits per heavy atom. The fourth-order valence-corrected chi connectivity index (χ4v) is 1.98. The highest BCUT2D eigenvalue weighted by Crippen LogP contribution is 2.11. The molecule has 22 heavy (non-hydrogen) atoms. The standard InChI is InChI=1S/C15H14BNO5/c18-14(6-10-4-2-1-3-5-10)17-13-8-11(15(19)20)7-12(9-13)16(21)22/h1-5,7-9,21-22H,6H2,(H,17,18)(H,19,20). The van der Waals surface area contributed by atoms with Gasteiger partial charge in [0.25, 0.3) is 0 Å². The molecule has 6 nitrogen and oxygen atoms in total. The minimum Gasteiger partial charge on any atom is -0.478 e. The molecule has 0 saturated heterocycles. The van der Waals surface area contributed by atoms with E-state index in [1.54, 1.807) is 12.1 Å². The van der Waals surface area contributed by atoms with Crippen molar-refractivity contribution >= 4 is 30.1 Å². The van der Waals surface area contributed by atoms with Crippen LogP contribution in [0.25, 0.3) is 0 Å². The first-order valence-electron chi connectivity index (χ1n) is 6.54. The molecule has 0 atom stereocenters. The number of carboxylic acids is 1. The number of rotatable bonds is 5. The topological polar surface area (TPSA) is 107 Å². The Labute approximate surface area is 127 Å². The molecule has 7 heteroatoms. The average Bonchev–Trinajstić information content (AvgIpc) is 2.47. The van der Waals surface area contributed by atoms with Crippen LogP contribution in [0.5, 0.6) is 0 Å². The molecular formula is C15H14BNO5. The van der Waals surface area contributed by atoms with Crippen molar-refractivity contribution < 1.29 is 24.7 Å². The predicted molar refractivity (Wildman–Crippen MR) is 82.0 cm³/mol. The molecule has 2 aromatic carbocycles. The third-order valence-corrected chi connectivity index (χ3v) is 2.99. The van der Waals surface area contributed by atoms with Crippen LogP contribution in [0.1, 0.15) is 15.9 Å². The summed E-state index contributed by atoms with van der Waals surface area (Å²) in [5, 5.41) is 29.9. The van der Waals surface area contributed by atoms with Crippen molar-refractivity contribution in [3.63, 3.8) is 0 Å². The van der Waals surface area contributed by atoms with Crippen LogP contribution in [0.4, 0.5) is 5.69 Å². The van der Waals surface area contributed by atoms with Gasteiger partial charge in [0.1, 0.15) is 0 Å². The predicted octanol–water partition coefficient (Wildman–Crippen LogP) is 0.246. The van der Waals surface area contributed by atoms with Gasteiger partial charge in [0.05, 0.1) is 12.0 Å². The molecule has 0 saturated carbocycles. The molecule has 1 amide bonds. The fourth-order valence-electron chi connectivity index (χ4n) is 1.98. The molecule has 2 aromatic rings. The number of carbonyl (C=O) groups excluding carboxylic acids is 1. The van der Waals surface area contributed by atoms with Crippen LogP contribution in [0.2, 0.25) is 0 Å². The van der Waals surface area contributed by atoms with Crippen LogP contribution >= 0.6 is 0 Å². The molecule has 0 spiro atoms. The highest BCUT2D eigenvalue weighted by atomic mass is 16.4. The van der Waals surface area contributed by atoms with E-state index in [1.807, 2.05) is 18.2 Å². The van der Waals surface area contributed by atoms with Gasteiger partial charge in [-0.3, -0.25) is 4.79 Å². The lowest BCUT2D eigenvalue weighted by Gasteiger charge is -2.09. The normalized spacial score (nSPS) is 10.1. The molecule has 0 heterocycles. The Bertz CT molecular complexity index is 688. The molecule has 0 radical (unpaired) electrons. The molecule has 0 unspecified atom stereocenters. The summed E-state index contributed by atoms with van der Waals surface area (Å²) in [6, 6.07) is 12.8. The zero-order chi connectivity index (χ0) is 16.1. The summed E-state index contributed by atoms with van der Waals surface area (Å²) >= 11 is 0. The van der Waals surface area contributed by atoms with Crippen molar-refractivity contribution in [3.8, 4) is 0 Å². The Morgan fingerprint density at radius 2 is 1.73 bits per heavy atom. The van der Waals surface area contributed by atoms with Crippen molar-refractivity contribution in [3.05, 3.63) is 59.7 Å². The van der Waals surface area contributed by atoms with E-state index in [2.05, 4.69) is 5.32 Å². The molecule has 0 aliphatic heterocycles. The number of benzene rings is 2. The van der Waals surface area contributed by atoms with E-state index in [1.165, 1.54) is 12.1 Å². The van der Waals surface area contributed by atoms with Gasteiger partial charge in [0.2, 0.25) is 5.91 Å². The van der Waals surface area contributed by atoms with Crippen LogP contribution in [0, 0.1) is 0 Å². The van der Waals surface area contributed by atoms with Crippen LogP contribution < -0.4 is 10.8 Å². The van der Waals surface area contributed by atoms with Gasteiger partial charge >= 0.3 is 13.1 Å². The summed E-state index contributed by atoms with van der Waals surface area (Å²) in [6.07, 6.45) is 0.134. The Morgan fingerprint density at radius 3 is 2.32 bits per heavy atom. The molecule has 0 fully saturated rings. The number of aromatic carboxylic acids is 1. The van der Waals surface area contributed by atoms with Crippen molar-refractivity contribution in [2.45, 2.75) is 6.42 Å². The maximum atomic E-state index is 12.0. The molecule has 0 aliphatic rings. The lowest BCUT2D eigenvalue weighted by molar-refractivity contribution is -0.115. The number of amides is 1.